The van der Waals surface area contributed by atoms with Gasteiger partial charge in [-0.25, -0.2) is 4.68 Å². The van der Waals surface area contributed by atoms with Crippen LogP contribution in [0.1, 0.15) is 27.2 Å². The van der Waals surface area contributed by atoms with E-state index in [1.807, 2.05) is 49.4 Å². The van der Waals surface area contributed by atoms with Crippen LogP contribution in [0.2, 0.25) is 10.2 Å². The number of halogens is 2. The number of nitrogens with zero attached hydrogens (tertiary/aromatic N) is 2. The largest absolute Gasteiger partial charge is 0.491 e. The molecule has 2 aromatic carbocycles. The van der Waals surface area contributed by atoms with Gasteiger partial charge in [0.1, 0.15) is 23.6 Å². The van der Waals surface area contributed by atoms with Crippen LogP contribution >= 0.6 is 23.2 Å². The summed E-state index contributed by atoms with van der Waals surface area (Å²) >= 11 is 12.6. The average molecular weight is 448 g/mol. The summed E-state index contributed by atoms with van der Waals surface area (Å²) in [5, 5.41) is 18.0. The number of nitrogens with one attached hydrogen (secondary N) is 1. The first-order chi connectivity index (χ1) is 14.3. The summed E-state index contributed by atoms with van der Waals surface area (Å²) in [6.45, 7) is 4.10. The number of aryl methyl sites for hydroxylation is 2. The van der Waals surface area contributed by atoms with Crippen LogP contribution in [0.25, 0.3) is 0 Å². The maximum Gasteiger partial charge on any atom is 0.256 e. The quantitative estimate of drug-likeness (QED) is 0.546. The predicted molar refractivity (Wildman–Crippen MR) is 118 cm³/mol. The van der Waals surface area contributed by atoms with Crippen LogP contribution in [0.4, 0.5) is 0 Å². The number of carbonyl (C=O) groups is 1. The van der Waals surface area contributed by atoms with E-state index in [1.54, 1.807) is 13.0 Å². The molecule has 30 heavy (non-hydrogen) atoms. The van der Waals surface area contributed by atoms with Gasteiger partial charge in [0.15, 0.2) is 0 Å². The molecule has 1 atom stereocenters. The number of aliphatic hydroxyl groups is 1. The van der Waals surface area contributed by atoms with Gasteiger partial charge in [0.25, 0.3) is 5.91 Å². The Morgan fingerprint density at radius 3 is 2.70 bits per heavy atom. The van der Waals surface area contributed by atoms with Gasteiger partial charge in [-0.15, -0.1) is 0 Å². The van der Waals surface area contributed by atoms with E-state index < -0.39 is 12.0 Å². The molecule has 0 radical (unpaired) electrons. The number of aliphatic hydroxyl groups excluding tert-OH is 1. The number of rotatable bonds is 8. The monoisotopic (exact) mass is 447 g/mol. The first kappa shape index (κ1) is 22.2. The molecule has 0 aliphatic rings. The number of ether oxygens (including phenoxy) is 1. The van der Waals surface area contributed by atoms with Crippen LogP contribution in [0.5, 0.6) is 5.75 Å². The smallest absolute Gasteiger partial charge is 0.256 e. The lowest BCUT2D eigenvalue weighted by Crippen LogP contribution is -2.35. The van der Waals surface area contributed by atoms with Crippen molar-refractivity contribution in [2.75, 3.05) is 13.2 Å². The zero-order chi connectivity index (χ0) is 21.7. The molecule has 0 bridgehead atoms. The molecule has 1 unspecified atom stereocenters. The number of hydrogen-bond acceptors (Lipinski definition) is 4. The van der Waals surface area contributed by atoms with Crippen molar-refractivity contribution in [2.24, 2.45) is 0 Å². The van der Waals surface area contributed by atoms with Gasteiger partial charge >= 0.3 is 0 Å². The number of carbonyl (C=O) groups excluding carboxylic acids is 1. The highest BCUT2D eigenvalue weighted by atomic mass is 35.5. The summed E-state index contributed by atoms with van der Waals surface area (Å²) in [5.74, 6) is 0.262. The molecule has 2 N–H and O–H groups in total. The van der Waals surface area contributed by atoms with Crippen molar-refractivity contribution < 1.29 is 14.6 Å². The first-order valence-electron chi connectivity index (χ1n) is 9.47. The van der Waals surface area contributed by atoms with Crippen LogP contribution in [0.3, 0.4) is 0 Å². The highest BCUT2D eigenvalue weighted by Gasteiger charge is 2.21. The van der Waals surface area contributed by atoms with E-state index in [2.05, 4.69) is 10.4 Å². The van der Waals surface area contributed by atoms with Crippen LogP contribution < -0.4 is 10.1 Å². The molecule has 0 saturated carbocycles. The molecule has 1 amide bonds. The van der Waals surface area contributed by atoms with Crippen molar-refractivity contribution >= 4 is 29.1 Å². The van der Waals surface area contributed by atoms with Crippen molar-refractivity contribution in [1.82, 2.24) is 15.1 Å². The Hall–Kier alpha value is -2.54. The van der Waals surface area contributed by atoms with Gasteiger partial charge in [0.2, 0.25) is 0 Å². The van der Waals surface area contributed by atoms with Gasteiger partial charge in [-0.2, -0.15) is 5.10 Å². The summed E-state index contributed by atoms with van der Waals surface area (Å²) in [5.41, 5.74) is 2.68. The lowest BCUT2D eigenvalue weighted by atomic mass is 10.2. The highest BCUT2D eigenvalue weighted by molar-refractivity contribution is 6.33. The van der Waals surface area contributed by atoms with Crippen molar-refractivity contribution in [3.63, 3.8) is 0 Å². The molecule has 0 spiro atoms. The maximum atomic E-state index is 12.6. The fourth-order valence-corrected chi connectivity index (χ4v) is 3.48. The molecule has 158 valence electrons. The van der Waals surface area contributed by atoms with E-state index in [-0.39, 0.29) is 23.9 Å². The van der Waals surface area contributed by atoms with Crippen molar-refractivity contribution in [1.29, 1.82) is 0 Å². The number of benzene rings is 2. The van der Waals surface area contributed by atoms with Crippen molar-refractivity contribution in [3.05, 3.63) is 81.1 Å². The van der Waals surface area contributed by atoms with Crippen LogP contribution in [-0.4, -0.2) is 40.0 Å². The van der Waals surface area contributed by atoms with Crippen molar-refractivity contribution in [3.8, 4) is 5.75 Å². The molecule has 0 saturated heterocycles. The van der Waals surface area contributed by atoms with Gasteiger partial charge < -0.3 is 15.2 Å². The lowest BCUT2D eigenvalue weighted by Gasteiger charge is -2.13. The predicted octanol–water partition coefficient (Wildman–Crippen LogP) is 4.02. The van der Waals surface area contributed by atoms with Crippen LogP contribution in [-0.2, 0) is 6.54 Å². The third kappa shape index (κ3) is 5.53. The molecule has 3 rings (SSSR count). The third-order valence-corrected chi connectivity index (χ3v) is 5.25. The van der Waals surface area contributed by atoms with Crippen LogP contribution in [0.15, 0.2) is 48.5 Å². The summed E-state index contributed by atoms with van der Waals surface area (Å²) in [6.07, 6.45) is -0.869. The molecule has 8 heteroatoms. The molecule has 1 aromatic heterocycles. The fourth-order valence-electron chi connectivity index (χ4n) is 2.96. The van der Waals surface area contributed by atoms with E-state index in [1.165, 1.54) is 4.68 Å². The highest BCUT2D eigenvalue weighted by Crippen LogP contribution is 2.23. The lowest BCUT2D eigenvalue weighted by molar-refractivity contribution is 0.0843. The standard InChI is InChI=1S/C22H23Cl2N3O3/c1-14-6-5-8-18(10-14)30-13-17(28)11-25-22(29)20-15(2)26-27(21(20)24)12-16-7-3-4-9-19(16)23/h3-10,17,28H,11-13H2,1-2H3,(H,25,29). The van der Waals surface area contributed by atoms with E-state index in [0.717, 1.165) is 11.1 Å². The average Bonchev–Trinajstić information content (AvgIpc) is 2.99. The zero-order valence-electron chi connectivity index (χ0n) is 16.7. The normalized spacial score (nSPS) is 11.9. The second kappa shape index (κ2) is 9.98. The van der Waals surface area contributed by atoms with Gasteiger partial charge in [0.05, 0.1) is 17.8 Å². The fraction of sp³-hybridized carbons (Fsp3) is 0.273. The van der Waals surface area contributed by atoms with E-state index in [0.29, 0.717) is 23.0 Å². The molecule has 6 nitrogen and oxygen atoms in total. The molecular weight excluding hydrogens is 425 g/mol. The van der Waals surface area contributed by atoms with E-state index in [9.17, 15) is 9.90 Å². The molecular formula is C22H23Cl2N3O3. The van der Waals surface area contributed by atoms with Gasteiger partial charge in [-0.1, -0.05) is 53.5 Å². The third-order valence-electron chi connectivity index (χ3n) is 4.50. The molecule has 1 heterocycles. The summed E-state index contributed by atoms with van der Waals surface area (Å²) in [7, 11) is 0. The Kier molecular flexibility index (Phi) is 7.37. The Morgan fingerprint density at radius 1 is 1.20 bits per heavy atom. The molecule has 3 aromatic rings. The second-order valence-corrected chi connectivity index (χ2v) is 7.76. The molecule has 0 aliphatic carbocycles. The van der Waals surface area contributed by atoms with E-state index in [4.69, 9.17) is 27.9 Å². The van der Waals surface area contributed by atoms with Crippen LogP contribution in [0, 0.1) is 13.8 Å². The Morgan fingerprint density at radius 2 is 1.97 bits per heavy atom. The zero-order valence-corrected chi connectivity index (χ0v) is 18.2. The van der Waals surface area contributed by atoms with Gasteiger partial charge in [-0.3, -0.25) is 4.79 Å². The Balaban J connectivity index is 1.58. The maximum absolute atomic E-state index is 12.6. The molecule has 0 aliphatic heterocycles. The number of aromatic nitrogens is 2. The summed E-state index contributed by atoms with van der Waals surface area (Å²) in [4.78, 5) is 12.6. The topological polar surface area (TPSA) is 76.4 Å². The minimum Gasteiger partial charge on any atom is -0.491 e. The number of amides is 1. The summed E-state index contributed by atoms with van der Waals surface area (Å²) < 4.78 is 7.09. The minimum atomic E-state index is -0.869. The van der Waals surface area contributed by atoms with Gasteiger partial charge in [0, 0.05) is 11.6 Å². The Labute approximate surface area is 185 Å². The minimum absolute atomic E-state index is 0.0239. The first-order valence-corrected chi connectivity index (χ1v) is 10.2. The summed E-state index contributed by atoms with van der Waals surface area (Å²) in [6, 6.07) is 14.9. The SMILES string of the molecule is Cc1cccc(OCC(O)CNC(=O)c2c(C)nn(Cc3ccccc3Cl)c2Cl)c1. The van der Waals surface area contributed by atoms with Crippen molar-refractivity contribution in [2.45, 2.75) is 26.5 Å². The number of hydrogen-bond donors (Lipinski definition) is 2. The molecule has 0 fully saturated rings. The Bertz CT molecular complexity index is 1040. The van der Waals surface area contributed by atoms with Gasteiger partial charge in [-0.05, 0) is 43.2 Å². The van der Waals surface area contributed by atoms with E-state index >= 15 is 0 Å². The second-order valence-electron chi connectivity index (χ2n) is 6.99.